The molecule has 0 spiro atoms. The summed E-state index contributed by atoms with van der Waals surface area (Å²) in [4.78, 5) is 33.5. The zero-order chi connectivity index (χ0) is 24.5. The molecule has 0 aromatic carbocycles. The van der Waals surface area contributed by atoms with Crippen molar-refractivity contribution < 1.29 is 14.3 Å². The van der Waals surface area contributed by atoms with Gasteiger partial charge < -0.3 is 15.0 Å². The highest BCUT2D eigenvalue weighted by atomic mass is 32.1. The van der Waals surface area contributed by atoms with Gasteiger partial charge in [0.25, 0.3) is 5.91 Å². The van der Waals surface area contributed by atoms with Crippen LogP contribution in [-0.4, -0.2) is 67.5 Å². The minimum atomic E-state index is -0.548. The van der Waals surface area contributed by atoms with Gasteiger partial charge in [0.05, 0.1) is 46.1 Å². The highest BCUT2D eigenvalue weighted by Gasteiger charge is 2.22. The molecule has 5 rings (SSSR count). The highest BCUT2D eigenvalue weighted by Crippen LogP contribution is 2.30. The number of likely N-dealkylation sites (tertiary alicyclic amines) is 1. The highest BCUT2D eigenvalue weighted by molar-refractivity contribution is 7.21. The number of aryl methyl sites for hydroxylation is 2. The number of aromatic nitrogens is 5. The van der Waals surface area contributed by atoms with Crippen molar-refractivity contribution in [1.29, 1.82) is 0 Å². The first kappa shape index (κ1) is 23.0. The Labute approximate surface area is 205 Å². The molecule has 2 amide bonds. The van der Waals surface area contributed by atoms with Crippen LogP contribution in [0.25, 0.3) is 15.3 Å². The van der Waals surface area contributed by atoms with Crippen molar-refractivity contribution in [2.75, 3.05) is 30.8 Å². The van der Waals surface area contributed by atoms with E-state index in [1.54, 1.807) is 28.4 Å². The van der Waals surface area contributed by atoms with Crippen LogP contribution in [0.3, 0.4) is 0 Å². The fourth-order valence-corrected chi connectivity index (χ4v) is 5.09. The Morgan fingerprint density at radius 1 is 1.17 bits per heavy atom. The molecule has 1 saturated heterocycles. The van der Waals surface area contributed by atoms with Gasteiger partial charge >= 0.3 is 6.09 Å². The van der Waals surface area contributed by atoms with E-state index in [1.165, 1.54) is 23.7 Å². The van der Waals surface area contributed by atoms with Crippen LogP contribution >= 0.6 is 11.3 Å². The van der Waals surface area contributed by atoms with Crippen LogP contribution in [0.1, 0.15) is 28.9 Å². The van der Waals surface area contributed by atoms with E-state index in [0.29, 0.717) is 29.2 Å². The lowest BCUT2D eigenvalue weighted by molar-refractivity contribution is 0.102. The Kier molecular flexibility index (Phi) is 6.22. The minimum Gasteiger partial charge on any atom is -0.448 e. The third kappa shape index (κ3) is 4.88. The van der Waals surface area contributed by atoms with Crippen molar-refractivity contribution in [1.82, 2.24) is 29.3 Å². The standard InChI is InChI=1S/C23H26N8O3S/c1-14-19(7-16(9-24-14)27-23(33)34-13-17-5-4-6-29(17)2)28-21(32)18-10-26-31-12-20(35-22(18)31)15-8-25-30(3)11-15/h7-12,17H,4-6,13H2,1-3H3,(H,27,33)(H,28,32). The Bertz CT molecular complexity index is 1390. The predicted octanol–water partition coefficient (Wildman–Crippen LogP) is 3.39. The van der Waals surface area contributed by atoms with Crippen molar-refractivity contribution >= 4 is 39.5 Å². The monoisotopic (exact) mass is 494 g/mol. The number of hydrogen-bond donors (Lipinski definition) is 2. The van der Waals surface area contributed by atoms with Crippen molar-refractivity contribution in [3.05, 3.63) is 48.3 Å². The quantitative estimate of drug-likeness (QED) is 0.422. The van der Waals surface area contributed by atoms with Crippen molar-refractivity contribution in [3.63, 3.8) is 0 Å². The van der Waals surface area contributed by atoms with Crippen LogP contribution in [0, 0.1) is 6.92 Å². The van der Waals surface area contributed by atoms with Gasteiger partial charge in [0.2, 0.25) is 0 Å². The van der Waals surface area contributed by atoms with Gasteiger partial charge in [0.15, 0.2) is 0 Å². The van der Waals surface area contributed by atoms with E-state index in [-0.39, 0.29) is 11.9 Å². The van der Waals surface area contributed by atoms with Gasteiger partial charge in [-0.2, -0.15) is 10.2 Å². The normalized spacial score (nSPS) is 16.0. The number of thiazole rings is 1. The lowest BCUT2D eigenvalue weighted by Crippen LogP contribution is -2.31. The summed E-state index contributed by atoms with van der Waals surface area (Å²) in [6.45, 7) is 3.14. The molecule has 1 atom stereocenters. The Morgan fingerprint density at radius 2 is 2.03 bits per heavy atom. The first-order chi connectivity index (χ1) is 16.9. The molecule has 1 unspecified atom stereocenters. The van der Waals surface area contributed by atoms with Gasteiger partial charge in [-0.1, -0.05) is 0 Å². The van der Waals surface area contributed by atoms with Crippen LogP contribution in [0.4, 0.5) is 16.2 Å². The first-order valence-corrected chi connectivity index (χ1v) is 12.1. The molecule has 1 fully saturated rings. The molecular formula is C23H26N8O3S. The molecule has 182 valence electrons. The molecule has 12 heteroatoms. The average Bonchev–Trinajstić information content (AvgIpc) is 3.59. The molecule has 0 radical (unpaired) electrons. The van der Waals surface area contributed by atoms with Gasteiger partial charge in [0.1, 0.15) is 11.4 Å². The average molecular weight is 495 g/mol. The lowest BCUT2D eigenvalue weighted by atomic mass is 10.2. The molecule has 1 aliphatic heterocycles. The number of carbonyl (C=O) groups excluding carboxylic acids is 2. The summed E-state index contributed by atoms with van der Waals surface area (Å²) in [5, 5.41) is 14.1. The Morgan fingerprint density at radius 3 is 2.77 bits per heavy atom. The van der Waals surface area contributed by atoms with Crippen molar-refractivity contribution in [2.24, 2.45) is 7.05 Å². The van der Waals surface area contributed by atoms with Gasteiger partial charge in [0, 0.05) is 31.0 Å². The SMILES string of the molecule is Cc1ncc(NC(=O)OCC2CCCN2C)cc1NC(=O)c1cnn2cc(-c3cnn(C)c3)sc12. The number of carbonyl (C=O) groups is 2. The number of nitrogens with one attached hydrogen (secondary N) is 2. The summed E-state index contributed by atoms with van der Waals surface area (Å²) < 4.78 is 8.79. The number of likely N-dealkylation sites (N-methyl/N-ethyl adjacent to an activating group) is 1. The van der Waals surface area contributed by atoms with Gasteiger partial charge in [-0.25, -0.2) is 9.31 Å². The number of pyridine rings is 1. The summed E-state index contributed by atoms with van der Waals surface area (Å²) in [6.07, 6.45) is 10.2. The van der Waals surface area contributed by atoms with E-state index in [4.69, 9.17) is 4.74 Å². The molecule has 4 aromatic heterocycles. The number of rotatable bonds is 6. The molecular weight excluding hydrogens is 468 g/mol. The van der Waals surface area contributed by atoms with Gasteiger partial charge in [-0.05, 0) is 39.4 Å². The van der Waals surface area contributed by atoms with Crippen molar-refractivity contribution in [3.8, 4) is 10.4 Å². The Balaban J connectivity index is 1.27. The van der Waals surface area contributed by atoms with Crippen LogP contribution in [0.2, 0.25) is 0 Å². The lowest BCUT2D eigenvalue weighted by Gasteiger charge is -2.19. The number of amides is 2. The van der Waals surface area contributed by atoms with Gasteiger partial charge in [-0.3, -0.25) is 19.8 Å². The van der Waals surface area contributed by atoms with Gasteiger partial charge in [-0.15, -0.1) is 11.3 Å². The third-order valence-corrected chi connectivity index (χ3v) is 7.25. The third-order valence-electron chi connectivity index (χ3n) is 6.09. The molecule has 5 heterocycles. The maximum absolute atomic E-state index is 13.1. The number of anilines is 2. The molecule has 2 N–H and O–H groups in total. The molecule has 4 aromatic rings. The number of fused-ring (bicyclic) bond motifs is 1. The Hall–Kier alpha value is -3.77. The molecule has 0 saturated carbocycles. The maximum Gasteiger partial charge on any atom is 0.411 e. The molecule has 0 aliphatic carbocycles. The molecule has 0 bridgehead atoms. The second-order valence-corrected chi connectivity index (χ2v) is 9.65. The summed E-state index contributed by atoms with van der Waals surface area (Å²) in [5.74, 6) is -0.312. The fraction of sp³-hybridized carbons (Fsp3) is 0.348. The zero-order valence-electron chi connectivity index (χ0n) is 19.7. The van der Waals surface area contributed by atoms with E-state index >= 15 is 0 Å². The van der Waals surface area contributed by atoms with E-state index in [1.807, 2.05) is 26.5 Å². The molecule has 11 nitrogen and oxygen atoms in total. The second kappa shape index (κ2) is 9.47. The molecule has 35 heavy (non-hydrogen) atoms. The van der Waals surface area contributed by atoms with Crippen LogP contribution in [-0.2, 0) is 11.8 Å². The van der Waals surface area contributed by atoms with E-state index < -0.39 is 6.09 Å². The van der Waals surface area contributed by atoms with Crippen LogP contribution in [0.15, 0.2) is 37.1 Å². The largest absolute Gasteiger partial charge is 0.448 e. The van der Waals surface area contributed by atoms with Crippen LogP contribution < -0.4 is 10.6 Å². The van der Waals surface area contributed by atoms with E-state index in [0.717, 1.165) is 34.7 Å². The predicted molar refractivity (Wildman–Crippen MR) is 133 cm³/mol. The zero-order valence-corrected chi connectivity index (χ0v) is 20.5. The summed E-state index contributed by atoms with van der Waals surface area (Å²) in [5.41, 5.74) is 2.95. The fourth-order valence-electron chi connectivity index (χ4n) is 4.06. The molecule has 1 aliphatic rings. The first-order valence-electron chi connectivity index (χ1n) is 11.3. The summed E-state index contributed by atoms with van der Waals surface area (Å²) in [6, 6.07) is 1.91. The number of hydrogen-bond acceptors (Lipinski definition) is 8. The number of nitrogens with zero attached hydrogens (tertiary/aromatic N) is 6. The van der Waals surface area contributed by atoms with Crippen LogP contribution in [0.5, 0.6) is 0 Å². The summed E-state index contributed by atoms with van der Waals surface area (Å²) >= 11 is 1.46. The van der Waals surface area contributed by atoms with E-state index in [9.17, 15) is 9.59 Å². The minimum absolute atomic E-state index is 0.246. The number of ether oxygens (including phenoxy) is 1. The summed E-state index contributed by atoms with van der Waals surface area (Å²) in [7, 11) is 3.89. The van der Waals surface area contributed by atoms with E-state index in [2.05, 4.69) is 30.7 Å². The topological polar surface area (TPSA) is 119 Å². The van der Waals surface area contributed by atoms with Crippen molar-refractivity contribution in [2.45, 2.75) is 25.8 Å². The second-order valence-electron chi connectivity index (χ2n) is 8.62. The maximum atomic E-state index is 13.1. The smallest absolute Gasteiger partial charge is 0.411 e.